The van der Waals surface area contributed by atoms with Crippen LogP contribution in [-0.4, -0.2) is 19.3 Å². The molecule has 0 spiro atoms. The first-order valence-electron chi connectivity index (χ1n) is 5.38. The molecule has 0 atom stereocenters. The van der Waals surface area contributed by atoms with Crippen LogP contribution in [-0.2, 0) is 20.0 Å². The fourth-order valence-electron chi connectivity index (χ4n) is 1.77. The lowest BCUT2D eigenvalue weighted by Crippen LogP contribution is -2.05. The minimum absolute atomic E-state index is 0.778. The Morgan fingerprint density at radius 2 is 2.25 bits per heavy atom. The fraction of sp³-hybridized carbons (Fsp3) is 0.455. The first-order chi connectivity index (χ1) is 7.63. The number of nitrogens with zero attached hydrogens (tertiary/aromatic N) is 3. The van der Waals surface area contributed by atoms with Gasteiger partial charge in [0.2, 0.25) is 0 Å². The molecule has 0 bridgehead atoms. The van der Waals surface area contributed by atoms with E-state index < -0.39 is 0 Å². The van der Waals surface area contributed by atoms with Gasteiger partial charge in [-0.05, 0) is 25.6 Å². The lowest BCUT2D eigenvalue weighted by atomic mass is 10.2. The van der Waals surface area contributed by atoms with Gasteiger partial charge in [0, 0.05) is 30.2 Å². The molecule has 0 fully saturated rings. The van der Waals surface area contributed by atoms with Crippen LogP contribution in [0.15, 0.2) is 12.4 Å². The fourth-order valence-corrected chi connectivity index (χ4v) is 2.01. The zero-order chi connectivity index (χ0) is 11.7. The van der Waals surface area contributed by atoms with E-state index in [-0.39, 0.29) is 0 Å². The molecule has 86 valence electrons. The number of hydrogen-bond acceptors (Lipinski definition) is 2. The molecule has 0 aliphatic carbocycles. The Kier molecular flexibility index (Phi) is 2.96. The number of nitrogens with one attached hydrogen (secondary N) is 1. The monoisotopic (exact) mass is 236 g/mol. The van der Waals surface area contributed by atoms with E-state index in [1.165, 1.54) is 17.0 Å². The molecule has 0 saturated carbocycles. The third kappa shape index (κ3) is 1.82. The van der Waals surface area contributed by atoms with Crippen molar-refractivity contribution in [2.45, 2.75) is 26.8 Å². The van der Waals surface area contributed by atoms with Crippen LogP contribution in [0.5, 0.6) is 0 Å². The Morgan fingerprint density at radius 3 is 2.81 bits per heavy atom. The van der Waals surface area contributed by atoms with Gasteiger partial charge in [0.1, 0.15) is 0 Å². The van der Waals surface area contributed by atoms with Gasteiger partial charge in [-0.1, -0.05) is 6.92 Å². The number of imidazole rings is 1. The molecular weight excluding hydrogens is 220 g/mol. The number of aromatic amines is 1. The highest BCUT2D eigenvalue weighted by atomic mass is 32.1. The molecular formula is C11H16N4S. The molecule has 2 heterocycles. The molecule has 2 aromatic rings. The Hall–Kier alpha value is -1.36. The highest BCUT2D eigenvalue weighted by molar-refractivity contribution is 7.71. The summed E-state index contributed by atoms with van der Waals surface area (Å²) in [6, 6.07) is 0. The first-order valence-corrected chi connectivity index (χ1v) is 5.79. The maximum Gasteiger partial charge on any atom is 0.177 e. The van der Waals surface area contributed by atoms with Gasteiger partial charge < -0.3 is 9.55 Å². The molecule has 0 unspecified atom stereocenters. The van der Waals surface area contributed by atoms with Crippen molar-refractivity contribution in [3.05, 3.63) is 34.1 Å². The molecule has 4 nitrogen and oxygen atoms in total. The first kappa shape index (κ1) is 11.1. The molecule has 0 radical (unpaired) electrons. The van der Waals surface area contributed by atoms with Gasteiger partial charge in [0.15, 0.2) is 4.77 Å². The van der Waals surface area contributed by atoms with Crippen LogP contribution in [0.4, 0.5) is 0 Å². The normalized spacial score (nSPS) is 10.9. The smallest absolute Gasteiger partial charge is 0.177 e. The second-order valence-corrected chi connectivity index (χ2v) is 4.29. The van der Waals surface area contributed by atoms with Crippen molar-refractivity contribution < 1.29 is 0 Å². The minimum atomic E-state index is 0.778. The van der Waals surface area contributed by atoms with Crippen molar-refractivity contribution in [3.8, 4) is 0 Å². The van der Waals surface area contributed by atoms with E-state index in [2.05, 4.69) is 28.5 Å². The summed E-state index contributed by atoms with van der Waals surface area (Å²) in [5.41, 5.74) is 3.63. The molecule has 0 aliphatic rings. The van der Waals surface area contributed by atoms with E-state index in [0.717, 1.165) is 17.7 Å². The quantitative estimate of drug-likeness (QED) is 0.830. The second-order valence-electron chi connectivity index (χ2n) is 3.90. The average Bonchev–Trinajstić information content (AvgIpc) is 2.77. The highest BCUT2D eigenvalue weighted by Crippen LogP contribution is 2.11. The molecule has 1 N–H and O–H groups in total. The summed E-state index contributed by atoms with van der Waals surface area (Å²) in [4.78, 5) is 3.09. The van der Waals surface area contributed by atoms with Gasteiger partial charge in [-0.3, -0.25) is 4.68 Å². The zero-order valence-corrected chi connectivity index (χ0v) is 10.6. The van der Waals surface area contributed by atoms with Gasteiger partial charge >= 0.3 is 0 Å². The number of aryl methyl sites for hydroxylation is 2. The van der Waals surface area contributed by atoms with Gasteiger partial charge in [-0.25, -0.2) is 0 Å². The third-order valence-electron chi connectivity index (χ3n) is 2.98. The van der Waals surface area contributed by atoms with Crippen LogP contribution in [0.2, 0.25) is 0 Å². The summed E-state index contributed by atoms with van der Waals surface area (Å²) in [6.45, 7) is 5.00. The Morgan fingerprint density at radius 1 is 1.50 bits per heavy atom. The van der Waals surface area contributed by atoms with Crippen molar-refractivity contribution >= 4 is 12.2 Å². The summed E-state index contributed by atoms with van der Waals surface area (Å²) in [7, 11) is 1.95. The van der Waals surface area contributed by atoms with Crippen LogP contribution in [0.1, 0.15) is 23.9 Å². The van der Waals surface area contributed by atoms with Crippen molar-refractivity contribution in [3.63, 3.8) is 0 Å². The Balaban J connectivity index is 2.37. The van der Waals surface area contributed by atoms with E-state index in [1.54, 1.807) is 0 Å². The topological polar surface area (TPSA) is 38.5 Å². The largest absolute Gasteiger partial charge is 0.337 e. The molecule has 0 saturated heterocycles. The van der Waals surface area contributed by atoms with E-state index in [4.69, 9.17) is 12.2 Å². The van der Waals surface area contributed by atoms with Gasteiger partial charge in [0.05, 0.1) is 12.7 Å². The summed E-state index contributed by atoms with van der Waals surface area (Å²) in [6.07, 6.45) is 4.87. The van der Waals surface area contributed by atoms with Crippen molar-refractivity contribution in [2.75, 3.05) is 0 Å². The average molecular weight is 236 g/mol. The van der Waals surface area contributed by atoms with Crippen molar-refractivity contribution in [2.24, 2.45) is 7.05 Å². The lowest BCUT2D eigenvalue weighted by molar-refractivity contribution is 0.715. The summed E-state index contributed by atoms with van der Waals surface area (Å²) in [5.74, 6) is 0. The van der Waals surface area contributed by atoms with E-state index in [0.29, 0.717) is 0 Å². The van der Waals surface area contributed by atoms with Crippen molar-refractivity contribution in [1.29, 1.82) is 0 Å². The molecule has 2 aromatic heterocycles. The number of rotatable bonds is 3. The maximum atomic E-state index is 5.27. The molecule has 0 aliphatic heterocycles. The van der Waals surface area contributed by atoms with Crippen LogP contribution in [0, 0.1) is 11.7 Å². The SMILES string of the molecule is CCc1c[nH]c(=S)n1Cc1cnn(C)c1C. The summed E-state index contributed by atoms with van der Waals surface area (Å²) >= 11 is 5.27. The van der Waals surface area contributed by atoms with E-state index in [9.17, 15) is 0 Å². The van der Waals surface area contributed by atoms with E-state index in [1.807, 2.05) is 24.1 Å². The Bertz CT molecular complexity index is 547. The molecule has 2 rings (SSSR count). The minimum Gasteiger partial charge on any atom is -0.337 e. The third-order valence-corrected chi connectivity index (χ3v) is 3.32. The van der Waals surface area contributed by atoms with Crippen LogP contribution in [0.25, 0.3) is 0 Å². The molecule has 5 heteroatoms. The number of hydrogen-bond donors (Lipinski definition) is 1. The molecule has 16 heavy (non-hydrogen) atoms. The standard InChI is InChI=1S/C11H16N4S/c1-4-10-6-12-11(16)15(10)7-9-5-13-14(3)8(9)2/h5-6H,4,7H2,1-3H3,(H,12,16). The van der Waals surface area contributed by atoms with Gasteiger partial charge in [-0.2, -0.15) is 5.10 Å². The maximum absolute atomic E-state index is 5.27. The lowest BCUT2D eigenvalue weighted by Gasteiger charge is -2.06. The number of H-pyrrole nitrogens is 1. The highest BCUT2D eigenvalue weighted by Gasteiger charge is 2.07. The molecule has 0 amide bonds. The predicted octanol–water partition coefficient (Wildman–Crippen LogP) is 2.20. The van der Waals surface area contributed by atoms with Crippen LogP contribution < -0.4 is 0 Å². The molecule has 0 aromatic carbocycles. The summed E-state index contributed by atoms with van der Waals surface area (Å²) < 4.78 is 4.79. The second kappa shape index (κ2) is 4.25. The van der Waals surface area contributed by atoms with Crippen molar-refractivity contribution in [1.82, 2.24) is 19.3 Å². The van der Waals surface area contributed by atoms with Crippen LogP contribution in [0.3, 0.4) is 0 Å². The predicted molar refractivity (Wildman–Crippen MR) is 66.0 cm³/mol. The van der Waals surface area contributed by atoms with E-state index >= 15 is 0 Å². The Labute approximate surface area is 99.9 Å². The number of aromatic nitrogens is 4. The van der Waals surface area contributed by atoms with Crippen LogP contribution >= 0.6 is 12.2 Å². The van der Waals surface area contributed by atoms with Gasteiger partial charge in [0.25, 0.3) is 0 Å². The van der Waals surface area contributed by atoms with Gasteiger partial charge in [-0.15, -0.1) is 0 Å². The zero-order valence-electron chi connectivity index (χ0n) is 9.82. The summed E-state index contributed by atoms with van der Waals surface area (Å²) in [5, 5.41) is 4.24.